The molecule has 0 radical (unpaired) electrons. The Morgan fingerprint density at radius 3 is 2.58 bits per heavy atom. The van der Waals surface area contributed by atoms with E-state index >= 15 is 0 Å². The van der Waals surface area contributed by atoms with Gasteiger partial charge < -0.3 is 5.73 Å². The van der Waals surface area contributed by atoms with Crippen molar-refractivity contribution in [2.75, 3.05) is 0 Å². The van der Waals surface area contributed by atoms with Crippen LogP contribution in [0, 0.1) is 0 Å². The number of benzene rings is 1. The number of hydrogen-bond acceptors (Lipinski definition) is 2. The topological polar surface area (TPSA) is 26.0 Å². The molecule has 1 aromatic rings. The third kappa shape index (κ3) is 1.54. The Bertz CT molecular complexity index is 292. The van der Waals surface area contributed by atoms with Crippen LogP contribution in [0.4, 0.5) is 0 Å². The first-order valence-corrected chi connectivity index (χ1v) is 4.92. The van der Waals surface area contributed by atoms with Crippen molar-refractivity contribution in [1.82, 2.24) is 0 Å². The van der Waals surface area contributed by atoms with Crippen molar-refractivity contribution in [3.63, 3.8) is 0 Å². The first kappa shape index (κ1) is 7.90. The molecule has 62 valence electrons. The highest BCUT2D eigenvalue weighted by Crippen LogP contribution is 2.36. The Hall–Kier alpha value is -0.730. The van der Waals surface area contributed by atoms with Crippen LogP contribution in [0.15, 0.2) is 36.4 Å². The lowest BCUT2D eigenvalue weighted by molar-refractivity contribution is 0.953. The van der Waals surface area contributed by atoms with Crippen molar-refractivity contribution in [3.8, 4) is 0 Å². The molecule has 1 aromatic carbocycles. The van der Waals surface area contributed by atoms with Gasteiger partial charge in [-0.25, -0.2) is 0 Å². The van der Waals surface area contributed by atoms with Gasteiger partial charge in [0.2, 0.25) is 0 Å². The molecule has 1 unspecified atom stereocenters. The fourth-order valence-electron chi connectivity index (χ4n) is 1.27. The van der Waals surface area contributed by atoms with Crippen LogP contribution < -0.4 is 5.73 Å². The van der Waals surface area contributed by atoms with Crippen LogP contribution in [-0.2, 0) is 0 Å². The predicted octanol–water partition coefficient (Wildman–Crippen LogP) is 2.45. The second-order valence-corrected chi connectivity index (χ2v) is 4.11. The average Bonchev–Trinajstić information content (AvgIpc) is 2.54. The van der Waals surface area contributed by atoms with Crippen molar-refractivity contribution in [1.29, 1.82) is 0 Å². The fourth-order valence-corrected chi connectivity index (χ4v) is 2.25. The summed E-state index contributed by atoms with van der Waals surface area (Å²) in [4.78, 5) is 1.32. The highest BCUT2D eigenvalue weighted by Gasteiger charge is 2.13. The number of rotatable bonds is 1. The summed E-state index contributed by atoms with van der Waals surface area (Å²) in [5.41, 5.74) is 7.06. The van der Waals surface area contributed by atoms with Gasteiger partial charge in [-0.1, -0.05) is 36.4 Å². The van der Waals surface area contributed by atoms with E-state index in [4.69, 9.17) is 5.73 Å². The monoisotopic (exact) mass is 177 g/mol. The normalized spacial score (nSPS) is 22.4. The van der Waals surface area contributed by atoms with Crippen LogP contribution in [0.5, 0.6) is 0 Å². The molecule has 1 atom stereocenters. The van der Waals surface area contributed by atoms with E-state index in [-0.39, 0.29) is 5.37 Å². The van der Waals surface area contributed by atoms with E-state index in [0.29, 0.717) is 0 Å². The van der Waals surface area contributed by atoms with Crippen LogP contribution in [0.2, 0.25) is 0 Å². The zero-order valence-electron chi connectivity index (χ0n) is 6.73. The summed E-state index contributed by atoms with van der Waals surface area (Å²) in [5.74, 6) is 0. The Morgan fingerprint density at radius 1 is 1.25 bits per heavy atom. The molecule has 0 amide bonds. The summed E-state index contributed by atoms with van der Waals surface area (Å²) in [6.07, 6.45) is 3.21. The van der Waals surface area contributed by atoms with Gasteiger partial charge in [0.05, 0.1) is 5.37 Å². The molecule has 12 heavy (non-hydrogen) atoms. The van der Waals surface area contributed by atoms with E-state index in [0.717, 1.165) is 6.42 Å². The molecule has 0 fully saturated rings. The molecule has 0 spiro atoms. The average molecular weight is 177 g/mol. The Balaban J connectivity index is 2.22. The molecular formula is C10H11NS. The van der Waals surface area contributed by atoms with Crippen molar-refractivity contribution in [2.24, 2.45) is 5.73 Å². The largest absolute Gasteiger partial charge is 0.319 e. The lowest BCUT2D eigenvalue weighted by Gasteiger charge is -2.02. The standard InChI is InChI=1S/C10H11NS/c11-10-7-6-9(12-10)8-4-2-1-3-5-8/h1-6,10H,7,11H2. The highest BCUT2D eigenvalue weighted by atomic mass is 32.2. The van der Waals surface area contributed by atoms with Gasteiger partial charge in [0.15, 0.2) is 0 Å². The van der Waals surface area contributed by atoms with E-state index in [1.807, 2.05) is 6.07 Å². The van der Waals surface area contributed by atoms with Crippen LogP contribution in [-0.4, -0.2) is 5.37 Å². The molecule has 1 aliphatic heterocycles. The molecule has 2 heteroatoms. The van der Waals surface area contributed by atoms with Crippen molar-refractivity contribution in [2.45, 2.75) is 11.8 Å². The quantitative estimate of drug-likeness (QED) is 0.713. The van der Waals surface area contributed by atoms with Gasteiger partial charge in [-0.05, 0) is 12.0 Å². The third-order valence-corrected chi connectivity index (χ3v) is 3.02. The lowest BCUT2D eigenvalue weighted by Crippen LogP contribution is -2.09. The summed E-state index contributed by atoms with van der Waals surface area (Å²) in [6.45, 7) is 0. The number of hydrogen-bond donors (Lipinski definition) is 1. The van der Waals surface area contributed by atoms with E-state index < -0.39 is 0 Å². The summed E-state index contributed by atoms with van der Waals surface area (Å²) in [7, 11) is 0. The Labute approximate surface area is 76.7 Å². The van der Waals surface area contributed by atoms with E-state index in [1.165, 1.54) is 10.5 Å². The first-order valence-electron chi connectivity index (χ1n) is 4.04. The van der Waals surface area contributed by atoms with Crippen LogP contribution in [0.1, 0.15) is 12.0 Å². The molecule has 0 saturated carbocycles. The highest BCUT2D eigenvalue weighted by molar-refractivity contribution is 8.09. The maximum Gasteiger partial charge on any atom is 0.0590 e. The third-order valence-electron chi connectivity index (χ3n) is 1.87. The predicted molar refractivity (Wildman–Crippen MR) is 54.6 cm³/mol. The molecule has 1 heterocycles. The molecule has 2 N–H and O–H groups in total. The molecule has 0 aromatic heterocycles. The van der Waals surface area contributed by atoms with E-state index in [9.17, 15) is 0 Å². The smallest absolute Gasteiger partial charge is 0.0590 e. The van der Waals surface area contributed by atoms with Gasteiger partial charge in [-0.15, -0.1) is 11.8 Å². The van der Waals surface area contributed by atoms with Crippen LogP contribution >= 0.6 is 11.8 Å². The SMILES string of the molecule is NC1CC=C(c2ccccc2)S1. The molecular weight excluding hydrogens is 166 g/mol. The lowest BCUT2D eigenvalue weighted by atomic mass is 10.2. The Morgan fingerprint density at radius 2 is 2.00 bits per heavy atom. The molecule has 1 aliphatic rings. The van der Waals surface area contributed by atoms with Crippen molar-refractivity contribution >= 4 is 16.7 Å². The molecule has 1 nitrogen and oxygen atoms in total. The second kappa shape index (κ2) is 3.33. The summed E-state index contributed by atoms with van der Waals surface area (Å²) < 4.78 is 0. The minimum absolute atomic E-state index is 0.264. The van der Waals surface area contributed by atoms with Gasteiger partial charge in [0, 0.05) is 4.91 Å². The van der Waals surface area contributed by atoms with Gasteiger partial charge in [0.25, 0.3) is 0 Å². The number of nitrogens with two attached hydrogens (primary N) is 1. The van der Waals surface area contributed by atoms with E-state index in [1.54, 1.807) is 11.8 Å². The second-order valence-electron chi connectivity index (χ2n) is 2.83. The molecule has 0 saturated heterocycles. The van der Waals surface area contributed by atoms with Gasteiger partial charge in [0.1, 0.15) is 0 Å². The fraction of sp³-hybridized carbons (Fsp3) is 0.200. The summed E-state index contributed by atoms with van der Waals surface area (Å²) in [6, 6.07) is 10.4. The molecule has 2 rings (SSSR count). The minimum Gasteiger partial charge on any atom is -0.319 e. The van der Waals surface area contributed by atoms with Crippen LogP contribution in [0.25, 0.3) is 4.91 Å². The van der Waals surface area contributed by atoms with E-state index in [2.05, 4.69) is 30.3 Å². The summed E-state index contributed by atoms with van der Waals surface area (Å²) in [5, 5.41) is 0.264. The Kier molecular flexibility index (Phi) is 2.19. The number of thioether (sulfide) groups is 1. The maximum atomic E-state index is 5.77. The zero-order chi connectivity index (χ0) is 8.39. The zero-order valence-corrected chi connectivity index (χ0v) is 7.55. The van der Waals surface area contributed by atoms with Gasteiger partial charge >= 0.3 is 0 Å². The molecule has 0 aliphatic carbocycles. The van der Waals surface area contributed by atoms with Gasteiger partial charge in [-0.3, -0.25) is 0 Å². The maximum absolute atomic E-state index is 5.77. The van der Waals surface area contributed by atoms with Gasteiger partial charge in [-0.2, -0.15) is 0 Å². The van der Waals surface area contributed by atoms with Crippen molar-refractivity contribution in [3.05, 3.63) is 42.0 Å². The summed E-state index contributed by atoms with van der Waals surface area (Å²) >= 11 is 1.76. The van der Waals surface area contributed by atoms with Crippen LogP contribution in [0.3, 0.4) is 0 Å². The first-order chi connectivity index (χ1) is 5.86. The van der Waals surface area contributed by atoms with Crippen molar-refractivity contribution < 1.29 is 0 Å². The molecule has 0 bridgehead atoms. The minimum atomic E-state index is 0.264.